The molecule has 4 nitrogen and oxygen atoms in total. The molecule has 0 aromatic carbocycles. The van der Waals surface area contributed by atoms with Gasteiger partial charge in [0, 0.05) is 0 Å². The quantitative estimate of drug-likeness (QED) is 0.557. The molecule has 4 aliphatic carbocycles. The molecule has 1 N–H and O–H groups in total. The fourth-order valence-corrected chi connectivity index (χ4v) is 7.26. The molecule has 4 heteroatoms. The van der Waals surface area contributed by atoms with Crippen molar-refractivity contribution in [3.8, 4) is 0 Å². The summed E-state index contributed by atoms with van der Waals surface area (Å²) in [5.41, 5.74) is 0.818. The van der Waals surface area contributed by atoms with E-state index in [1.807, 2.05) is 0 Å². The summed E-state index contributed by atoms with van der Waals surface area (Å²) in [5, 5.41) is 8.74. The average molecular weight is 375 g/mol. The van der Waals surface area contributed by atoms with Gasteiger partial charge in [0.05, 0.1) is 12.8 Å². The third-order valence-electron chi connectivity index (χ3n) is 8.78. The van der Waals surface area contributed by atoms with Gasteiger partial charge in [0.1, 0.15) is 6.10 Å². The molecule has 27 heavy (non-hydrogen) atoms. The minimum absolute atomic E-state index is 0.00820. The minimum atomic E-state index is -0.938. The molecule has 7 atom stereocenters. The fourth-order valence-electron chi connectivity index (χ4n) is 7.26. The number of carboxylic acid groups (broad SMARTS) is 1. The summed E-state index contributed by atoms with van der Waals surface area (Å²) in [5.74, 6) is 1.87. The van der Waals surface area contributed by atoms with Gasteiger partial charge in [-0.15, -0.1) is 0 Å². The van der Waals surface area contributed by atoms with E-state index in [9.17, 15) is 9.59 Å². The summed E-state index contributed by atoms with van der Waals surface area (Å²) < 4.78 is 5.64. The Morgan fingerprint density at radius 3 is 2.67 bits per heavy atom. The van der Waals surface area contributed by atoms with Crippen molar-refractivity contribution < 1.29 is 19.4 Å². The normalized spacial score (nSPS) is 45.5. The number of ether oxygens (including phenoxy) is 1. The lowest BCUT2D eigenvalue weighted by atomic mass is 9.45. The largest absolute Gasteiger partial charge is 0.481 e. The van der Waals surface area contributed by atoms with Gasteiger partial charge in [-0.05, 0) is 85.9 Å². The van der Waals surface area contributed by atoms with Crippen LogP contribution in [0.5, 0.6) is 0 Å². The van der Waals surface area contributed by atoms with Crippen molar-refractivity contribution in [2.75, 3.05) is 0 Å². The molecule has 0 spiro atoms. The Morgan fingerprint density at radius 2 is 1.89 bits per heavy atom. The van der Waals surface area contributed by atoms with Crippen LogP contribution < -0.4 is 0 Å². The van der Waals surface area contributed by atoms with Crippen molar-refractivity contribution in [2.45, 2.75) is 84.2 Å². The summed E-state index contributed by atoms with van der Waals surface area (Å²) in [7, 11) is 0. The van der Waals surface area contributed by atoms with Gasteiger partial charge < -0.3 is 9.84 Å². The van der Waals surface area contributed by atoms with Gasteiger partial charge in [-0.1, -0.05) is 26.0 Å². The highest BCUT2D eigenvalue weighted by molar-refractivity contribution is 5.76. The van der Waals surface area contributed by atoms with Crippen molar-refractivity contribution in [2.24, 2.45) is 34.5 Å². The first-order valence-electron chi connectivity index (χ1n) is 10.9. The monoisotopic (exact) mass is 374 g/mol. The number of esters is 1. The summed E-state index contributed by atoms with van der Waals surface area (Å²) in [6, 6.07) is 0. The first-order chi connectivity index (χ1) is 12.8. The van der Waals surface area contributed by atoms with Crippen LogP contribution in [0.1, 0.15) is 78.1 Å². The van der Waals surface area contributed by atoms with E-state index >= 15 is 0 Å². The molecular formula is C23H34O4. The third-order valence-corrected chi connectivity index (χ3v) is 8.78. The average Bonchev–Trinajstić information content (AvgIpc) is 3.02. The van der Waals surface area contributed by atoms with Gasteiger partial charge in [0.2, 0.25) is 0 Å². The fraction of sp³-hybridized carbons (Fsp3) is 0.826. The number of allylic oxidation sites excluding steroid dienone is 2. The van der Waals surface area contributed by atoms with Crippen LogP contribution >= 0.6 is 0 Å². The number of fused-ring (bicyclic) bond motifs is 5. The highest BCUT2D eigenvalue weighted by Gasteiger charge is 2.57. The molecule has 0 aromatic heterocycles. The molecule has 0 aromatic rings. The molecule has 150 valence electrons. The second kappa shape index (κ2) is 6.93. The van der Waals surface area contributed by atoms with E-state index in [0.29, 0.717) is 16.7 Å². The number of carbonyl (C=O) groups excluding carboxylic acids is 1. The van der Waals surface area contributed by atoms with E-state index in [0.717, 1.165) is 37.0 Å². The number of carboxylic acids is 1. The maximum absolute atomic E-state index is 12.0. The van der Waals surface area contributed by atoms with E-state index in [1.165, 1.54) is 32.1 Å². The van der Waals surface area contributed by atoms with Gasteiger partial charge in [-0.25, -0.2) is 0 Å². The first-order valence-corrected chi connectivity index (χ1v) is 10.9. The van der Waals surface area contributed by atoms with Crippen LogP contribution in [0, 0.1) is 34.5 Å². The molecule has 0 radical (unpaired) electrons. The van der Waals surface area contributed by atoms with E-state index in [1.54, 1.807) is 0 Å². The van der Waals surface area contributed by atoms with Crippen molar-refractivity contribution in [3.63, 3.8) is 0 Å². The van der Waals surface area contributed by atoms with Crippen LogP contribution in [-0.2, 0) is 14.3 Å². The van der Waals surface area contributed by atoms with Crippen molar-refractivity contribution in [1.82, 2.24) is 0 Å². The number of hydrogen-bond acceptors (Lipinski definition) is 3. The zero-order valence-electron chi connectivity index (χ0n) is 16.8. The summed E-state index contributed by atoms with van der Waals surface area (Å²) in [6.07, 6.45) is 14.3. The minimum Gasteiger partial charge on any atom is -0.481 e. The highest BCUT2D eigenvalue weighted by Crippen LogP contribution is 2.65. The van der Waals surface area contributed by atoms with Gasteiger partial charge in [-0.2, -0.15) is 0 Å². The molecule has 0 amide bonds. The molecule has 0 heterocycles. The summed E-state index contributed by atoms with van der Waals surface area (Å²) in [6.45, 7) is 4.99. The standard InChI is InChI=1S/C23H34O4/c1-22-11-3-4-18(22)17-6-5-15-14-16(27-21(26)8-7-20(24)25)9-13-23(15,2)19(17)10-12-22/h3,11,15-19H,4-10,12-14H2,1-2H3,(H,24,25)/t15?,16-,17+,18+,19+,22+,23+/m1/s1. The van der Waals surface area contributed by atoms with E-state index in [2.05, 4.69) is 26.0 Å². The topological polar surface area (TPSA) is 63.6 Å². The summed E-state index contributed by atoms with van der Waals surface area (Å²) in [4.78, 5) is 22.6. The second-order valence-electron chi connectivity index (χ2n) is 10.1. The van der Waals surface area contributed by atoms with Crippen LogP contribution in [0.15, 0.2) is 12.2 Å². The Balaban J connectivity index is 1.40. The number of rotatable bonds is 4. The smallest absolute Gasteiger partial charge is 0.306 e. The first kappa shape index (κ1) is 19.0. The molecule has 0 aliphatic heterocycles. The van der Waals surface area contributed by atoms with Crippen LogP contribution in [-0.4, -0.2) is 23.1 Å². The van der Waals surface area contributed by atoms with Crippen molar-refractivity contribution in [1.29, 1.82) is 0 Å². The van der Waals surface area contributed by atoms with E-state index in [4.69, 9.17) is 9.84 Å². The lowest BCUT2D eigenvalue weighted by Crippen LogP contribution is -2.53. The zero-order chi connectivity index (χ0) is 19.2. The van der Waals surface area contributed by atoms with Crippen molar-refractivity contribution in [3.05, 3.63) is 12.2 Å². The predicted octanol–water partition coefficient (Wildman–Crippen LogP) is 4.97. The van der Waals surface area contributed by atoms with E-state index in [-0.39, 0.29) is 24.9 Å². The van der Waals surface area contributed by atoms with Gasteiger partial charge >= 0.3 is 11.9 Å². The van der Waals surface area contributed by atoms with Crippen LogP contribution in [0.25, 0.3) is 0 Å². The molecule has 0 saturated heterocycles. The van der Waals surface area contributed by atoms with E-state index < -0.39 is 5.97 Å². The Bertz CT molecular complexity index is 640. The molecule has 0 bridgehead atoms. The number of carbonyl (C=O) groups is 2. The molecule has 4 rings (SSSR count). The highest BCUT2D eigenvalue weighted by atomic mass is 16.5. The molecule has 4 aliphatic rings. The zero-order valence-corrected chi connectivity index (χ0v) is 16.8. The Morgan fingerprint density at radius 1 is 1.07 bits per heavy atom. The maximum atomic E-state index is 12.0. The van der Waals surface area contributed by atoms with Gasteiger partial charge in [0.15, 0.2) is 0 Å². The lowest BCUT2D eigenvalue weighted by Gasteiger charge is -2.60. The van der Waals surface area contributed by atoms with Crippen LogP contribution in [0.3, 0.4) is 0 Å². The number of hydrogen-bond donors (Lipinski definition) is 1. The van der Waals surface area contributed by atoms with Gasteiger partial charge in [0.25, 0.3) is 0 Å². The second-order valence-corrected chi connectivity index (χ2v) is 10.1. The van der Waals surface area contributed by atoms with Crippen LogP contribution in [0.2, 0.25) is 0 Å². The van der Waals surface area contributed by atoms with Gasteiger partial charge in [-0.3, -0.25) is 9.59 Å². The Labute approximate surface area is 162 Å². The molecule has 1 unspecified atom stereocenters. The predicted molar refractivity (Wildman–Crippen MR) is 103 cm³/mol. The summed E-state index contributed by atoms with van der Waals surface area (Å²) >= 11 is 0. The number of aliphatic carboxylic acids is 1. The molecule has 3 saturated carbocycles. The molecular weight excluding hydrogens is 340 g/mol. The maximum Gasteiger partial charge on any atom is 0.306 e. The Hall–Kier alpha value is -1.32. The Kier molecular flexibility index (Phi) is 4.88. The third kappa shape index (κ3) is 3.34. The van der Waals surface area contributed by atoms with Crippen molar-refractivity contribution >= 4 is 11.9 Å². The lowest BCUT2D eigenvalue weighted by molar-refractivity contribution is -0.162. The molecule has 3 fully saturated rings. The van der Waals surface area contributed by atoms with Crippen LogP contribution in [0.4, 0.5) is 0 Å². The SMILES string of the molecule is C[C@@]12C=CC[C@H]1[C@@H]1CCC3C[C@H](OC(=O)CCC(=O)O)CC[C@]3(C)[C@H]1CC2.